The molecule has 0 saturated carbocycles. The summed E-state index contributed by atoms with van der Waals surface area (Å²) in [6, 6.07) is 23.6. The molecule has 0 aliphatic carbocycles. The molecule has 0 atom stereocenters. The van der Waals surface area contributed by atoms with Crippen molar-refractivity contribution in [1.82, 2.24) is 4.90 Å². The van der Waals surface area contributed by atoms with Crippen LogP contribution < -0.4 is 16.2 Å². The van der Waals surface area contributed by atoms with Crippen molar-refractivity contribution in [2.45, 2.75) is 13.0 Å². The fourth-order valence-electron chi connectivity index (χ4n) is 2.95. The molecule has 0 radical (unpaired) electrons. The average Bonchev–Trinajstić information content (AvgIpc) is 2.70. The third-order valence-corrected chi connectivity index (χ3v) is 4.82. The molecule has 0 aliphatic heterocycles. The second-order valence-electron chi connectivity index (χ2n) is 6.81. The first-order valence-electron chi connectivity index (χ1n) is 9.38. The molecule has 4 N–H and O–H groups in total. The van der Waals surface area contributed by atoms with Gasteiger partial charge < -0.3 is 16.2 Å². The summed E-state index contributed by atoms with van der Waals surface area (Å²) in [6.45, 7) is 3.20. The molecule has 0 heterocycles. The Balaban J connectivity index is 1.58. The van der Waals surface area contributed by atoms with Crippen LogP contribution >= 0.6 is 11.6 Å². The van der Waals surface area contributed by atoms with Gasteiger partial charge in [-0.3, -0.25) is 4.90 Å². The molecule has 3 aromatic carbocycles. The number of nitrogens with two attached hydrogens (primary N) is 2. The Morgan fingerprint density at radius 2 is 1.29 bits per heavy atom. The number of benzene rings is 3. The number of hydrogen-bond acceptors (Lipinski definition) is 4. The van der Waals surface area contributed by atoms with Crippen molar-refractivity contribution in [3.8, 4) is 5.75 Å². The monoisotopic (exact) mass is 395 g/mol. The van der Waals surface area contributed by atoms with Crippen LogP contribution in [-0.2, 0) is 13.0 Å². The number of anilines is 2. The standard InChI is InChI=1S/C23H26ClN3O/c24-20-5-1-19(2-6-20)17-27(14-13-18-3-7-21(25)8-4-18)15-16-28-23-11-9-22(26)10-12-23/h1-12H,13-17,25-26H2. The zero-order valence-electron chi connectivity index (χ0n) is 15.9. The molecule has 0 spiro atoms. The lowest BCUT2D eigenvalue weighted by atomic mass is 10.1. The van der Waals surface area contributed by atoms with Gasteiger partial charge in [0, 0.05) is 36.0 Å². The predicted octanol–water partition coefficient (Wildman–Crippen LogP) is 4.63. The molecule has 0 saturated heterocycles. The minimum absolute atomic E-state index is 0.610. The lowest BCUT2D eigenvalue weighted by Crippen LogP contribution is -2.30. The van der Waals surface area contributed by atoms with E-state index in [1.165, 1.54) is 11.1 Å². The first kappa shape index (κ1) is 20.1. The number of halogens is 1. The highest BCUT2D eigenvalue weighted by Crippen LogP contribution is 2.15. The Morgan fingerprint density at radius 3 is 1.93 bits per heavy atom. The second-order valence-corrected chi connectivity index (χ2v) is 7.25. The lowest BCUT2D eigenvalue weighted by Gasteiger charge is -2.23. The van der Waals surface area contributed by atoms with Crippen molar-refractivity contribution in [2.24, 2.45) is 0 Å². The molecule has 146 valence electrons. The normalized spacial score (nSPS) is 10.9. The first-order chi connectivity index (χ1) is 13.6. The zero-order valence-corrected chi connectivity index (χ0v) is 16.6. The Labute approximate surface area is 171 Å². The minimum Gasteiger partial charge on any atom is -0.492 e. The molecule has 3 rings (SSSR count). The van der Waals surface area contributed by atoms with Gasteiger partial charge in [-0.15, -0.1) is 0 Å². The van der Waals surface area contributed by atoms with Crippen LogP contribution in [0.2, 0.25) is 5.02 Å². The molecule has 4 nitrogen and oxygen atoms in total. The van der Waals surface area contributed by atoms with Crippen LogP contribution in [0.5, 0.6) is 5.75 Å². The molecule has 0 amide bonds. The Hall–Kier alpha value is -2.69. The van der Waals surface area contributed by atoms with E-state index in [1.54, 1.807) is 0 Å². The molecule has 5 heteroatoms. The van der Waals surface area contributed by atoms with E-state index in [1.807, 2.05) is 48.5 Å². The van der Waals surface area contributed by atoms with Gasteiger partial charge in [0.05, 0.1) is 0 Å². The third kappa shape index (κ3) is 6.48. The van der Waals surface area contributed by atoms with E-state index in [2.05, 4.69) is 29.2 Å². The maximum absolute atomic E-state index is 6.01. The highest BCUT2D eigenvalue weighted by Gasteiger charge is 2.08. The number of ether oxygens (including phenoxy) is 1. The molecule has 0 unspecified atom stereocenters. The molecule has 0 aliphatic rings. The van der Waals surface area contributed by atoms with E-state index in [9.17, 15) is 0 Å². The van der Waals surface area contributed by atoms with Gasteiger partial charge in [0.1, 0.15) is 12.4 Å². The number of nitrogen functional groups attached to an aromatic ring is 2. The van der Waals surface area contributed by atoms with E-state index >= 15 is 0 Å². The van der Waals surface area contributed by atoms with Crippen molar-refractivity contribution in [1.29, 1.82) is 0 Å². The number of hydrogen-bond donors (Lipinski definition) is 2. The van der Waals surface area contributed by atoms with E-state index < -0.39 is 0 Å². The lowest BCUT2D eigenvalue weighted by molar-refractivity contribution is 0.204. The Kier molecular flexibility index (Phi) is 7.18. The van der Waals surface area contributed by atoms with Crippen LogP contribution in [0.15, 0.2) is 72.8 Å². The summed E-state index contributed by atoms with van der Waals surface area (Å²) in [6.07, 6.45) is 0.954. The summed E-state index contributed by atoms with van der Waals surface area (Å²) in [5.41, 5.74) is 15.5. The van der Waals surface area contributed by atoms with E-state index in [4.69, 9.17) is 27.8 Å². The van der Waals surface area contributed by atoms with Crippen LogP contribution in [0.4, 0.5) is 11.4 Å². The topological polar surface area (TPSA) is 64.5 Å². The van der Waals surface area contributed by atoms with Gasteiger partial charge in [0.15, 0.2) is 0 Å². The van der Waals surface area contributed by atoms with Crippen LogP contribution in [0.1, 0.15) is 11.1 Å². The van der Waals surface area contributed by atoms with Gasteiger partial charge in [-0.2, -0.15) is 0 Å². The maximum atomic E-state index is 6.01. The number of nitrogens with zero attached hydrogens (tertiary/aromatic N) is 1. The highest BCUT2D eigenvalue weighted by atomic mass is 35.5. The Bertz CT molecular complexity index is 849. The van der Waals surface area contributed by atoms with Crippen LogP contribution in [0, 0.1) is 0 Å². The summed E-state index contributed by atoms with van der Waals surface area (Å²) in [5.74, 6) is 0.833. The summed E-state index contributed by atoms with van der Waals surface area (Å²) in [4.78, 5) is 2.39. The van der Waals surface area contributed by atoms with E-state index in [-0.39, 0.29) is 0 Å². The van der Waals surface area contributed by atoms with Crippen molar-refractivity contribution >= 4 is 23.0 Å². The second kappa shape index (κ2) is 10.0. The van der Waals surface area contributed by atoms with Gasteiger partial charge in [-0.05, 0) is 66.1 Å². The van der Waals surface area contributed by atoms with Crippen LogP contribution in [0.3, 0.4) is 0 Å². The van der Waals surface area contributed by atoms with Gasteiger partial charge in [0.25, 0.3) is 0 Å². The van der Waals surface area contributed by atoms with Gasteiger partial charge >= 0.3 is 0 Å². The SMILES string of the molecule is Nc1ccc(CCN(CCOc2ccc(N)cc2)Cc2ccc(Cl)cc2)cc1. The molecule has 3 aromatic rings. The number of rotatable bonds is 9. The summed E-state index contributed by atoms with van der Waals surface area (Å²) in [5, 5.41) is 0.754. The fourth-order valence-corrected chi connectivity index (χ4v) is 3.07. The molecule has 0 bridgehead atoms. The van der Waals surface area contributed by atoms with E-state index in [0.29, 0.717) is 6.61 Å². The fraction of sp³-hybridized carbons (Fsp3) is 0.217. The smallest absolute Gasteiger partial charge is 0.119 e. The van der Waals surface area contributed by atoms with Crippen molar-refractivity contribution in [3.05, 3.63) is 88.9 Å². The average molecular weight is 396 g/mol. The van der Waals surface area contributed by atoms with Crippen molar-refractivity contribution < 1.29 is 4.74 Å². The van der Waals surface area contributed by atoms with Crippen LogP contribution in [-0.4, -0.2) is 24.6 Å². The summed E-state index contributed by atoms with van der Waals surface area (Å²) >= 11 is 6.01. The van der Waals surface area contributed by atoms with Gasteiger partial charge in [-0.25, -0.2) is 0 Å². The molecular weight excluding hydrogens is 370 g/mol. The van der Waals surface area contributed by atoms with Gasteiger partial charge in [0.2, 0.25) is 0 Å². The molecular formula is C23H26ClN3O. The predicted molar refractivity (Wildman–Crippen MR) is 118 cm³/mol. The first-order valence-corrected chi connectivity index (χ1v) is 9.76. The molecule has 0 aromatic heterocycles. The summed E-state index contributed by atoms with van der Waals surface area (Å²) < 4.78 is 5.88. The van der Waals surface area contributed by atoms with Gasteiger partial charge in [-0.1, -0.05) is 35.9 Å². The molecule has 0 fully saturated rings. The molecule has 28 heavy (non-hydrogen) atoms. The van der Waals surface area contributed by atoms with Crippen molar-refractivity contribution in [3.63, 3.8) is 0 Å². The van der Waals surface area contributed by atoms with Crippen LogP contribution in [0.25, 0.3) is 0 Å². The minimum atomic E-state index is 0.610. The summed E-state index contributed by atoms with van der Waals surface area (Å²) in [7, 11) is 0. The zero-order chi connectivity index (χ0) is 19.8. The van der Waals surface area contributed by atoms with E-state index in [0.717, 1.165) is 48.2 Å². The highest BCUT2D eigenvalue weighted by molar-refractivity contribution is 6.30. The van der Waals surface area contributed by atoms with Crippen molar-refractivity contribution in [2.75, 3.05) is 31.2 Å². The quantitative estimate of drug-likeness (QED) is 0.518. The largest absolute Gasteiger partial charge is 0.492 e. The maximum Gasteiger partial charge on any atom is 0.119 e. The Morgan fingerprint density at radius 1 is 0.714 bits per heavy atom. The third-order valence-electron chi connectivity index (χ3n) is 4.57.